The molecule has 0 saturated carbocycles. The zero-order valence-corrected chi connectivity index (χ0v) is 55.7. The number of ether oxygens (including phenoxy) is 2. The molecule has 8 aromatic rings. The maximum absolute atomic E-state index is 13.3. The minimum atomic E-state index is -4.67. The van der Waals surface area contributed by atoms with Crippen molar-refractivity contribution in [2.75, 3.05) is 68.6 Å². The molecule has 4 aromatic heterocycles. The number of rotatable bonds is 16. The summed E-state index contributed by atoms with van der Waals surface area (Å²) in [4.78, 5) is 70.2. The molecule has 0 bridgehead atoms. The van der Waals surface area contributed by atoms with Crippen molar-refractivity contribution in [1.82, 2.24) is 29.7 Å². The van der Waals surface area contributed by atoms with Crippen LogP contribution in [0.5, 0.6) is 0 Å². The van der Waals surface area contributed by atoms with Crippen LogP contribution in [0, 0.1) is 0 Å². The lowest BCUT2D eigenvalue weighted by atomic mass is 10.1. The van der Waals surface area contributed by atoms with Gasteiger partial charge in [0.2, 0.25) is 0 Å². The number of hydrogen-bond acceptors (Lipinski definition) is 19. The molecule has 4 atom stereocenters. The second kappa shape index (κ2) is 34.6. The van der Waals surface area contributed by atoms with Crippen LogP contribution in [-0.2, 0) is 47.6 Å². The molecule has 2 aliphatic heterocycles. The molecule has 0 spiro atoms. The average Bonchev–Trinajstić information content (AvgIpc) is 1.34. The average molecular weight is 1430 g/mol. The number of thiazole rings is 3. The molecule has 33 heteroatoms. The fraction of sp³-hybridized carbons (Fsp3) is 0.344. The number of aliphatic hydroxyl groups is 1. The fourth-order valence-corrected chi connectivity index (χ4v) is 11.4. The van der Waals surface area contributed by atoms with Gasteiger partial charge in [-0.15, -0.1) is 34.0 Å². The van der Waals surface area contributed by atoms with Crippen molar-refractivity contribution in [2.45, 2.75) is 90.0 Å². The number of nitrogens with one attached hydrogen (secondary N) is 3. The summed E-state index contributed by atoms with van der Waals surface area (Å²) in [6.07, 6.45) is -7.09. The Bertz CT molecular complexity index is 3930. The largest absolute Gasteiger partial charge is 0.416 e. The van der Waals surface area contributed by atoms with Gasteiger partial charge in [-0.2, -0.15) is 39.5 Å². The molecule has 4 aromatic carbocycles. The molecule has 4 unspecified atom stereocenters. The molecule has 10 rings (SSSR count). The predicted molar refractivity (Wildman–Crippen MR) is 352 cm³/mol. The molecule has 97 heavy (non-hydrogen) atoms. The van der Waals surface area contributed by atoms with Crippen molar-refractivity contribution in [3.05, 3.63) is 201 Å². The maximum atomic E-state index is 13.3. The Hall–Kier alpha value is -7.86. The van der Waals surface area contributed by atoms with Gasteiger partial charge in [0.25, 0.3) is 23.6 Å². The number of alkyl halides is 9. The van der Waals surface area contributed by atoms with Crippen LogP contribution in [0.4, 0.5) is 56.6 Å². The van der Waals surface area contributed by atoms with Crippen molar-refractivity contribution in [3.8, 4) is 0 Å². The summed E-state index contributed by atoms with van der Waals surface area (Å²) in [6.45, 7) is 10.5. The van der Waals surface area contributed by atoms with Gasteiger partial charge in [-0.1, -0.05) is 29.8 Å². The first-order chi connectivity index (χ1) is 45.7. The highest BCUT2D eigenvalue weighted by molar-refractivity contribution is 7.14. The van der Waals surface area contributed by atoms with E-state index < -0.39 is 65.5 Å². The number of nitrogens with zero attached hydrogens (tertiary/aromatic N) is 6. The zero-order chi connectivity index (χ0) is 70.9. The van der Waals surface area contributed by atoms with Gasteiger partial charge in [0, 0.05) is 84.7 Å². The number of halogens is 10. The van der Waals surface area contributed by atoms with Crippen LogP contribution in [0.15, 0.2) is 116 Å². The Balaban J connectivity index is 0.000000185. The summed E-state index contributed by atoms with van der Waals surface area (Å²) in [5.74, 6) is -2.27. The Morgan fingerprint density at radius 3 is 1.33 bits per heavy atom. The van der Waals surface area contributed by atoms with Crippen LogP contribution in [0.25, 0.3) is 0 Å². The lowest BCUT2D eigenvalue weighted by Crippen LogP contribution is -2.40. The predicted octanol–water partition coefficient (Wildman–Crippen LogP) is 12.4. The van der Waals surface area contributed by atoms with E-state index in [0.717, 1.165) is 93.1 Å². The van der Waals surface area contributed by atoms with E-state index in [1.165, 1.54) is 41.2 Å². The third-order valence-electron chi connectivity index (χ3n) is 14.0. The molecule has 6 heterocycles. The van der Waals surface area contributed by atoms with E-state index in [0.29, 0.717) is 71.5 Å². The topological polar surface area (TPSA) is 305 Å². The number of amides is 4. The number of hydrogen-bond donors (Lipinski definition) is 8. The molecule has 2 aliphatic rings. The molecule has 0 aliphatic carbocycles. The van der Waals surface area contributed by atoms with Gasteiger partial charge >= 0.3 is 18.5 Å². The second-order valence-electron chi connectivity index (χ2n) is 22.2. The number of pyridine rings is 1. The van der Waals surface area contributed by atoms with Crippen LogP contribution in [-0.4, -0.2) is 111 Å². The Kier molecular flexibility index (Phi) is 27.3. The van der Waals surface area contributed by atoms with E-state index in [1.807, 2.05) is 54.4 Å². The number of aliphatic hydroxyl groups excluding tert-OH is 1. The zero-order valence-electron chi connectivity index (χ0n) is 52.5. The van der Waals surface area contributed by atoms with Crippen LogP contribution in [0.3, 0.4) is 0 Å². The summed E-state index contributed by atoms with van der Waals surface area (Å²) >= 11 is 9.08. The Morgan fingerprint density at radius 2 is 0.938 bits per heavy atom. The van der Waals surface area contributed by atoms with Gasteiger partial charge in [-0.05, 0) is 123 Å². The van der Waals surface area contributed by atoms with Gasteiger partial charge in [0.1, 0.15) is 29.7 Å². The molecule has 12 N–H and O–H groups in total. The number of anilines is 3. The van der Waals surface area contributed by atoms with Crippen molar-refractivity contribution < 1.29 is 73.3 Å². The van der Waals surface area contributed by atoms with Gasteiger partial charge in [-0.3, -0.25) is 29.1 Å². The highest BCUT2D eigenvalue weighted by Gasteiger charge is 2.35. The molecule has 0 radical (unpaired) electrons. The van der Waals surface area contributed by atoms with E-state index in [4.69, 9.17) is 49.1 Å². The summed E-state index contributed by atoms with van der Waals surface area (Å²) in [5, 5.41) is 18.8. The first-order valence-electron chi connectivity index (χ1n) is 29.7. The first kappa shape index (κ1) is 76.5. The van der Waals surface area contributed by atoms with Crippen molar-refractivity contribution in [3.63, 3.8) is 0 Å². The second-order valence-corrected chi connectivity index (χ2v) is 25.8. The van der Waals surface area contributed by atoms with Crippen LogP contribution in [0.1, 0.15) is 151 Å². The van der Waals surface area contributed by atoms with Crippen molar-refractivity contribution in [1.29, 1.82) is 0 Å². The van der Waals surface area contributed by atoms with Gasteiger partial charge in [0.05, 0.1) is 86.4 Å². The first-order valence-corrected chi connectivity index (χ1v) is 32.5. The van der Waals surface area contributed by atoms with Crippen LogP contribution < -0.4 is 38.9 Å². The molecule has 4 amide bonds. The molecular formula is C64H69ClF9N13O7S3. The normalized spacial score (nSPS) is 14.8. The number of benzene rings is 4. The smallest absolute Gasteiger partial charge is 0.392 e. The Morgan fingerprint density at radius 1 is 0.526 bits per heavy atom. The van der Waals surface area contributed by atoms with Gasteiger partial charge < -0.3 is 58.4 Å². The standard InChI is InChI=1S/C18H19F3N4O3S.C18H21F3N4O2S.C14H15ClN2.C14H14F3N3O2S/c1-10(22)16-23-9-14(29-16)15(26)24-13-7-11(6-12(8-13)18(19,20)21)17(27)25-2-4-28-5-3-25;1-11(22)17-23-9-15(28-17)16(26)24-14-7-12(6-13(8-14)18(19,20)21)10-25-2-4-27-5-3-25;1-10(16)12-4-7-14(17-9-12)8-11-2-5-13(15)6-3-11;1-7(18)13-19-5-11(23-13)12(22)20-10-3-8(6-21)2-9(4-10)14(15,16)17/h6-10H,2-5,22H2,1H3,(H,24,26);6-9,11H,2-5,10,22H2,1H3,(H,24,26);2-7,9-10H,8,16H2,1H3;2-5,7,21H,6,18H2,1H3,(H,20,22). The molecule has 2 saturated heterocycles. The minimum absolute atomic E-state index is 0.0343. The van der Waals surface area contributed by atoms with Gasteiger partial charge in [0.15, 0.2) is 0 Å². The van der Waals surface area contributed by atoms with E-state index in [1.54, 1.807) is 26.8 Å². The minimum Gasteiger partial charge on any atom is -0.392 e. The summed E-state index contributed by atoms with van der Waals surface area (Å²) in [5.41, 5.74) is 23.7. The molecule has 520 valence electrons. The highest BCUT2D eigenvalue weighted by atomic mass is 35.5. The fourth-order valence-electron chi connectivity index (χ4n) is 9.00. The van der Waals surface area contributed by atoms with Crippen molar-refractivity contribution in [2.24, 2.45) is 22.9 Å². The van der Waals surface area contributed by atoms with E-state index in [-0.39, 0.29) is 75.2 Å². The summed E-state index contributed by atoms with van der Waals surface area (Å²) in [7, 11) is 0. The number of nitrogens with two attached hydrogens (primary N) is 4. The number of aromatic nitrogens is 4. The monoisotopic (exact) mass is 1430 g/mol. The number of carbonyl (C=O) groups excluding carboxylic acids is 4. The van der Waals surface area contributed by atoms with E-state index in [9.17, 15) is 58.7 Å². The lowest BCUT2D eigenvalue weighted by Gasteiger charge is -2.27. The molecule has 2 fully saturated rings. The SMILES string of the molecule is CC(N)c1ccc(Cc2ccc(Cl)cc2)nc1.CC(N)c1ncc(C(=O)Nc2cc(C(=O)N3CCOCC3)cc(C(F)(F)F)c2)s1.CC(N)c1ncc(C(=O)Nc2cc(CN3CCOCC3)cc(C(F)(F)F)c2)s1.CC(N)c1ncc(C(=O)Nc2cc(CO)cc(C(F)(F)F)c2)s1. The van der Waals surface area contributed by atoms with Gasteiger partial charge in [-0.25, -0.2) is 15.0 Å². The quantitative estimate of drug-likeness (QED) is 0.0417. The maximum Gasteiger partial charge on any atom is 0.416 e. The van der Waals surface area contributed by atoms with Crippen LogP contribution in [0.2, 0.25) is 5.02 Å². The van der Waals surface area contributed by atoms with Crippen LogP contribution >= 0.6 is 45.6 Å². The summed E-state index contributed by atoms with van der Waals surface area (Å²) < 4.78 is 129. The van der Waals surface area contributed by atoms with E-state index in [2.05, 4.69) is 35.9 Å². The number of morpholine rings is 2. The third kappa shape index (κ3) is 23.4. The molecular weight excluding hydrogens is 1370 g/mol. The molecule has 20 nitrogen and oxygen atoms in total. The lowest BCUT2D eigenvalue weighted by molar-refractivity contribution is -0.138. The van der Waals surface area contributed by atoms with Crippen molar-refractivity contribution >= 4 is 86.3 Å². The van der Waals surface area contributed by atoms with E-state index >= 15 is 0 Å². The Labute approximate surface area is 568 Å². The summed E-state index contributed by atoms with van der Waals surface area (Å²) in [6, 6.07) is 20.2. The third-order valence-corrected chi connectivity index (χ3v) is 17.8. The number of carbonyl (C=O) groups is 4. The highest BCUT2D eigenvalue weighted by Crippen LogP contribution is 2.36.